The number of imidazole rings is 1. The second kappa shape index (κ2) is 9.66. The maximum Gasteiger partial charge on any atom is 0.156 e. The molecule has 166 valence electrons. The highest BCUT2D eigenvalue weighted by atomic mass is 16.5. The Labute approximate surface area is 184 Å². The van der Waals surface area contributed by atoms with E-state index in [1.54, 1.807) is 14.2 Å². The van der Waals surface area contributed by atoms with Gasteiger partial charge in [0.25, 0.3) is 0 Å². The van der Waals surface area contributed by atoms with Gasteiger partial charge in [-0.05, 0) is 49.7 Å². The van der Waals surface area contributed by atoms with E-state index in [9.17, 15) is 0 Å². The number of hydrogen-bond acceptors (Lipinski definition) is 6. The Balaban J connectivity index is 1.47. The van der Waals surface area contributed by atoms with Gasteiger partial charge in [-0.15, -0.1) is 0 Å². The first kappa shape index (κ1) is 21.6. The number of piperidine rings is 1. The van der Waals surface area contributed by atoms with Crippen molar-refractivity contribution in [3.8, 4) is 5.75 Å². The summed E-state index contributed by atoms with van der Waals surface area (Å²) in [6.07, 6.45) is 4.11. The number of likely N-dealkylation sites (N-methyl/N-ethyl adjacent to an activating group) is 1. The molecule has 0 amide bonds. The Bertz CT molecular complexity index is 993. The standard InChI is InChI=1S/C24H33N5O2/c1-27(13-14-30-3)24-23-22(28(2)17-25-23)15-21(26-24)19-9-11-29(12-10-19)16-18-5-7-20(31-4)8-6-18/h5-8,15,17,19H,9-14,16H2,1-4H3. The molecule has 3 heterocycles. The summed E-state index contributed by atoms with van der Waals surface area (Å²) in [5.74, 6) is 2.33. The molecule has 4 rings (SSSR count). The summed E-state index contributed by atoms with van der Waals surface area (Å²) in [4.78, 5) is 14.4. The van der Waals surface area contributed by atoms with Crippen LogP contribution in [0.1, 0.15) is 30.0 Å². The number of pyridine rings is 1. The van der Waals surface area contributed by atoms with Crippen LogP contribution in [0.4, 0.5) is 5.82 Å². The van der Waals surface area contributed by atoms with E-state index >= 15 is 0 Å². The Morgan fingerprint density at radius 3 is 2.55 bits per heavy atom. The van der Waals surface area contributed by atoms with E-state index in [-0.39, 0.29) is 0 Å². The molecule has 1 aromatic carbocycles. The molecule has 1 aliphatic rings. The normalized spacial score (nSPS) is 15.5. The largest absolute Gasteiger partial charge is 0.497 e. The van der Waals surface area contributed by atoms with Crippen molar-refractivity contribution in [2.24, 2.45) is 7.05 Å². The number of hydrogen-bond donors (Lipinski definition) is 0. The summed E-state index contributed by atoms with van der Waals surface area (Å²) in [5, 5.41) is 0. The smallest absolute Gasteiger partial charge is 0.156 e. The molecule has 3 aromatic rings. The van der Waals surface area contributed by atoms with Crippen LogP contribution in [0.3, 0.4) is 0 Å². The number of rotatable bonds is 8. The Morgan fingerprint density at radius 1 is 1.13 bits per heavy atom. The molecule has 2 aromatic heterocycles. The molecule has 1 aliphatic heterocycles. The summed E-state index contributed by atoms with van der Waals surface area (Å²) in [6, 6.07) is 10.6. The number of ether oxygens (including phenoxy) is 2. The van der Waals surface area contributed by atoms with Crippen molar-refractivity contribution in [2.45, 2.75) is 25.3 Å². The fourth-order valence-corrected chi connectivity index (χ4v) is 4.32. The van der Waals surface area contributed by atoms with E-state index in [0.717, 1.165) is 61.6 Å². The van der Waals surface area contributed by atoms with Gasteiger partial charge in [-0.2, -0.15) is 0 Å². The predicted octanol–water partition coefficient (Wildman–Crippen LogP) is 3.44. The molecule has 7 nitrogen and oxygen atoms in total. The lowest BCUT2D eigenvalue weighted by atomic mass is 9.92. The van der Waals surface area contributed by atoms with Crippen LogP contribution in [0.5, 0.6) is 5.75 Å². The van der Waals surface area contributed by atoms with Gasteiger partial charge in [0.1, 0.15) is 11.3 Å². The van der Waals surface area contributed by atoms with E-state index in [1.807, 2.05) is 18.5 Å². The van der Waals surface area contributed by atoms with Gasteiger partial charge in [0.15, 0.2) is 5.82 Å². The average Bonchev–Trinajstić information content (AvgIpc) is 3.18. The SMILES string of the molecule is COCCN(C)c1nc(C2CCN(Cc3ccc(OC)cc3)CC2)cc2c1ncn2C. The second-order valence-corrected chi connectivity index (χ2v) is 8.41. The van der Waals surface area contributed by atoms with E-state index in [1.165, 1.54) is 11.3 Å². The quantitative estimate of drug-likeness (QED) is 0.553. The molecule has 0 radical (unpaired) electrons. The van der Waals surface area contributed by atoms with Gasteiger partial charge in [0, 0.05) is 45.9 Å². The third kappa shape index (κ3) is 4.83. The Hall–Kier alpha value is -2.64. The molecule has 0 bridgehead atoms. The van der Waals surface area contributed by atoms with Gasteiger partial charge in [0.2, 0.25) is 0 Å². The summed E-state index contributed by atoms with van der Waals surface area (Å²) in [7, 11) is 7.55. The number of aryl methyl sites for hydroxylation is 1. The molecule has 0 spiro atoms. The van der Waals surface area contributed by atoms with Crippen LogP contribution >= 0.6 is 0 Å². The first-order valence-corrected chi connectivity index (χ1v) is 11.0. The van der Waals surface area contributed by atoms with Crippen molar-refractivity contribution >= 4 is 16.9 Å². The van der Waals surface area contributed by atoms with Crippen LogP contribution in [0.25, 0.3) is 11.0 Å². The maximum absolute atomic E-state index is 5.27. The number of nitrogens with zero attached hydrogens (tertiary/aromatic N) is 5. The molecule has 0 atom stereocenters. The summed E-state index contributed by atoms with van der Waals surface area (Å²) < 4.78 is 12.6. The molecule has 0 N–H and O–H groups in total. The van der Waals surface area contributed by atoms with E-state index in [2.05, 4.69) is 51.6 Å². The minimum atomic E-state index is 0.473. The molecule has 0 unspecified atom stereocenters. The van der Waals surface area contributed by atoms with Crippen LogP contribution < -0.4 is 9.64 Å². The number of likely N-dealkylation sites (tertiary alicyclic amines) is 1. The minimum absolute atomic E-state index is 0.473. The van der Waals surface area contributed by atoms with Gasteiger partial charge in [0.05, 0.1) is 25.6 Å². The van der Waals surface area contributed by atoms with E-state index in [0.29, 0.717) is 12.5 Å². The zero-order valence-electron chi connectivity index (χ0n) is 19.0. The number of benzene rings is 1. The number of fused-ring (bicyclic) bond motifs is 1. The zero-order valence-corrected chi connectivity index (χ0v) is 19.0. The van der Waals surface area contributed by atoms with Gasteiger partial charge >= 0.3 is 0 Å². The zero-order chi connectivity index (χ0) is 21.8. The van der Waals surface area contributed by atoms with Crippen molar-refractivity contribution in [2.75, 3.05) is 52.4 Å². The van der Waals surface area contributed by atoms with Gasteiger partial charge in [-0.3, -0.25) is 4.90 Å². The van der Waals surface area contributed by atoms with Crippen molar-refractivity contribution in [1.29, 1.82) is 0 Å². The maximum atomic E-state index is 5.27. The first-order valence-electron chi connectivity index (χ1n) is 11.0. The third-order valence-electron chi connectivity index (χ3n) is 6.28. The molecular formula is C24H33N5O2. The molecule has 31 heavy (non-hydrogen) atoms. The molecular weight excluding hydrogens is 390 g/mol. The summed E-state index contributed by atoms with van der Waals surface area (Å²) >= 11 is 0. The molecule has 7 heteroatoms. The van der Waals surface area contributed by atoms with Crippen molar-refractivity contribution < 1.29 is 9.47 Å². The molecule has 1 fully saturated rings. The highest BCUT2D eigenvalue weighted by Gasteiger charge is 2.24. The van der Waals surface area contributed by atoms with Crippen LogP contribution in [-0.2, 0) is 18.3 Å². The topological polar surface area (TPSA) is 55.6 Å². The lowest BCUT2D eigenvalue weighted by Gasteiger charge is -2.32. The van der Waals surface area contributed by atoms with Gasteiger partial charge < -0.3 is 18.9 Å². The van der Waals surface area contributed by atoms with Crippen molar-refractivity contribution in [3.63, 3.8) is 0 Å². The van der Waals surface area contributed by atoms with Crippen LogP contribution in [0.2, 0.25) is 0 Å². The number of anilines is 1. The van der Waals surface area contributed by atoms with E-state index in [4.69, 9.17) is 14.5 Å². The van der Waals surface area contributed by atoms with Crippen LogP contribution in [-0.4, -0.2) is 66.9 Å². The number of aromatic nitrogens is 3. The fraction of sp³-hybridized carbons (Fsp3) is 0.500. The van der Waals surface area contributed by atoms with E-state index < -0.39 is 0 Å². The van der Waals surface area contributed by atoms with Crippen LogP contribution in [0, 0.1) is 0 Å². The third-order valence-corrected chi connectivity index (χ3v) is 6.28. The molecule has 0 aliphatic carbocycles. The molecule has 0 saturated carbocycles. The van der Waals surface area contributed by atoms with Crippen LogP contribution in [0.15, 0.2) is 36.7 Å². The Morgan fingerprint density at radius 2 is 1.87 bits per heavy atom. The Kier molecular flexibility index (Phi) is 6.73. The minimum Gasteiger partial charge on any atom is -0.497 e. The average molecular weight is 424 g/mol. The fourth-order valence-electron chi connectivity index (χ4n) is 4.32. The highest BCUT2D eigenvalue weighted by Crippen LogP contribution is 2.32. The van der Waals surface area contributed by atoms with Crippen molar-refractivity contribution in [1.82, 2.24) is 19.4 Å². The second-order valence-electron chi connectivity index (χ2n) is 8.41. The summed E-state index contributed by atoms with van der Waals surface area (Å²) in [6.45, 7) is 4.60. The summed E-state index contributed by atoms with van der Waals surface area (Å²) in [5.41, 5.74) is 4.61. The monoisotopic (exact) mass is 423 g/mol. The van der Waals surface area contributed by atoms with Crippen molar-refractivity contribution in [3.05, 3.63) is 47.9 Å². The van der Waals surface area contributed by atoms with Gasteiger partial charge in [-0.25, -0.2) is 9.97 Å². The first-order chi connectivity index (χ1) is 15.1. The molecule has 1 saturated heterocycles. The van der Waals surface area contributed by atoms with Gasteiger partial charge in [-0.1, -0.05) is 12.1 Å². The lowest BCUT2D eigenvalue weighted by molar-refractivity contribution is 0.203. The highest BCUT2D eigenvalue weighted by molar-refractivity contribution is 5.87. The lowest BCUT2D eigenvalue weighted by Crippen LogP contribution is -2.33. The number of methoxy groups -OCH3 is 2. The predicted molar refractivity (Wildman–Crippen MR) is 124 cm³/mol.